The van der Waals surface area contributed by atoms with Crippen LogP contribution in [0, 0.1) is 0 Å². The molecule has 158 valence electrons. The second kappa shape index (κ2) is 9.51. The predicted molar refractivity (Wildman–Crippen MR) is 115 cm³/mol. The molecule has 0 saturated carbocycles. The van der Waals surface area contributed by atoms with Crippen LogP contribution in [0.1, 0.15) is 24.1 Å². The molecule has 1 atom stereocenters. The Morgan fingerprint density at radius 2 is 1.80 bits per heavy atom. The monoisotopic (exact) mass is 449 g/mol. The number of ether oxygens (including phenoxy) is 2. The quantitative estimate of drug-likeness (QED) is 0.383. The SMILES string of the molecule is CCOc1ccc(/C(O)=C2\C(=O)C(=O)N(CCOC)[C@H]2c2ccc(Cl)c(Cl)c2)cc1. The van der Waals surface area contributed by atoms with Crippen LogP contribution < -0.4 is 4.74 Å². The Kier molecular flexibility index (Phi) is 7.02. The highest BCUT2D eigenvalue weighted by Gasteiger charge is 2.46. The van der Waals surface area contributed by atoms with Crippen LogP contribution in [0.5, 0.6) is 5.75 Å². The van der Waals surface area contributed by atoms with Crippen molar-refractivity contribution in [2.24, 2.45) is 0 Å². The van der Waals surface area contributed by atoms with E-state index in [1.54, 1.807) is 42.5 Å². The van der Waals surface area contributed by atoms with Gasteiger partial charge in [-0.2, -0.15) is 0 Å². The van der Waals surface area contributed by atoms with Gasteiger partial charge in [-0.1, -0.05) is 29.3 Å². The van der Waals surface area contributed by atoms with Crippen molar-refractivity contribution in [3.05, 3.63) is 69.2 Å². The minimum atomic E-state index is -0.818. The van der Waals surface area contributed by atoms with Crippen LogP contribution in [0.4, 0.5) is 0 Å². The van der Waals surface area contributed by atoms with E-state index in [9.17, 15) is 14.7 Å². The van der Waals surface area contributed by atoms with E-state index in [0.29, 0.717) is 28.5 Å². The molecule has 8 heteroatoms. The van der Waals surface area contributed by atoms with Crippen LogP contribution in [0.3, 0.4) is 0 Å². The molecule has 1 amide bonds. The summed E-state index contributed by atoms with van der Waals surface area (Å²) in [5.74, 6) is -1.12. The van der Waals surface area contributed by atoms with E-state index in [4.69, 9.17) is 32.7 Å². The van der Waals surface area contributed by atoms with E-state index in [-0.39, 0.29) is 29.5 Å². The zero-order chi connectivity index (χ0) is 21.8. The molecule has 2 aromatic rings. The first kappa shape index (κ1) is 22.2. The number of aliphatic hydroxyl groups is 1. The topological polar surface area (TPSA) is 76.1 Å². The second-order valence-electron chi connectivity index (χ2n) is 6.62. The van der Waals surface area contributed by atoms with Gasteiger partial charge >= 0.3 is 0 Å². The van der Waals surface area contributed by atoms with Crippen LogP contribution in [-0.2, 0) is 14.3 Å². The van der Waals surface area contributed by atoms with Gasteiger partial charge in [0.2, 0.25) is 0 Å². The summed E-state index contributed by atoms with van der Waals surface area (Å²) in [6.45, 7) is 2.78. The van der Waals surface area contributed by atoms with Gasteiger partial charge < -0.3 is 19.5 Å². The van der Waals surface area contributed by atoms with E-state index < -0.39 is 17.7 Å². The van der Waals surface area contributed by atoms with Crippen molar-refractivity contribution in [1.29, 1.82) is 0 Å². The standard InChI is InChI=1S/C22H21Cl2NO5/c1-3-30-15-7-4-13(5-8-15)20(26)18-19(14-6-9-16(23)17(24)12-14)25(10-11-29-2)22(28)21(18)27/h4-9,12,19,26H,3,10-11H2,1-2H3/b20-18+/t19-/m0/s1. The number of nitrogens with zero attached hydrogens (tertiary/aromatic N) is 1. The molecule has 0 radical (unpaired) electrons. The maximum Gasteiger partial charge on any atom is 0.295 e. The molecule has 0 unspecified atom stereocenters. The van der Waals surface area contributed by atoms with E-state index in [0.717, 1.165) is 0 Å². The smallest absolute Gasteiger partial charge is 0.295 e. The molecule has 0 bridgehead atoms. The van der Waals surface area contributed by atoms with Crippen molar-refractivity contribution in [2.45, 2.75) is 13.0 Å². The maximum absolute atomic E-state index is 12.9. The highest BCUT2D eigenvalue weighted by Crippen LogP contribution is 2.40. The number of Topliss-reactive ketones (excluding diaryl/α,β-unsaturated/α-hetero) is 1. The van der Waals surface area contributed by atoms with Gasteiger partial charge in [-0.25, -0.2) is 0 Å². The molecular formula is C22H21Cl2NO5. The number of carbonyl (C=O) groups excluding carboxylic acids is 2. The number of likely N-dealkylation sites (tertiary alicyclic amines) is 1. The maximum atomic E-state index is 12.9. The van der Waals surface area contributed by atoms with Gasteiger partial charge in [-0.05, 0) is 48.9 Å². The molecule has 6 nitrogen and oxygen atoms in total. The van der Waals surface area contributed by atoms with E-state index >= 15 is 0 Å². The summed E-state index contributed by atoms with van der Waals surface area (Å²) < 4.78 is 10.5. The zero-order valence-corrected chi connectivity index (χ0v) is 18.0. The Balaban J connectivity index is 2.12. The van der Waals surface area contributed by atoms with Crippen molar-refractivity contribution >= 4 is 40.7 Å². The fourth-order valence-corrected chi connectivity index (χ4v) is 3.67. The highest BCUT2D eigenvalue weighted by molar-refractivity contribution is 6.46. The zero-order valence-electron chi connectivity index (χ0n) is 16.5. The number of carbonyl (C=O) groups is 2. The first-order chi connectivity index (χ1) is 14.4. The van der Waals surface area contributed by atoms with Crippen molar-refractivity contribution in [3.63, 3.8) is 0 Å². The van der Waals surface area contributed by atoms with Crippen LogP contribution in [0.15, 0.2) is 48.0 Å². The number of halogens is 2. The van der Waals surface area contributed by atoms with Gasteiger partial charge in [0.1, 0.15) is 11.5 Å². The molecule has 0 spiro atoms. The molecule has 1 heterocycles. The Labute approximate surface area is 184 Å². The first-order valence-electron chi connectivity index (χ1n) is 9.34. The third-order valence-electron chi connectivity index (χ3n) is 4.77. The normalized spacial score (nSPS) is 18.1. The van der Waals surface area contributed by atoms with E-state index in [2.05, 4.69) is 0 Å². The molecule has 1 saturated heterocycles. The lowest BCUT2D eigenvalue weighted by Crippen LogP contribution is -2.32. The van der Waals surface area contributed by atoms with Gasteiger partial charge in [0, 0.05) is 19.2 Å². The Morgan fingerprint density at radius 3 is 2.40 bits per heavy atom. The molecule has 3 rings (SSSR count). The Morgan fingerprint density at radius 1 is 1.10 bits per heavy atom. The third kappa shape index (κ3) is 4.31. The lowest BCUT2D eigenvalue weighted by molar-refractivity contribution is -0.140. The summed E-state index contributed by atoms with van der Waals surface area (Å²) in [5, 5.41) is 11.6. The fraction of sp³-hybridized carbons (Fsp3) is 0.273. The summed E-state index contributed by atoms with van der Waals surface area (Å²) in [6, 6.07) is 10.7. The highest BCUT2D eigenvalue weighted by atomic mass is 35.5. The number of hydrogen-bond donors (Lipinski definition) is 1. The molecule has 30 heavy (non-hydrogen) atoms. The lowest BCUT2D eigenvalue weighted by atomic mass is 9.95. The second-order valence-corrected chi connectivity index (χ2v) is 7.43. The number of rotatable bonds is 7. The molecule has 0 aromatic heterocycles. The van der Waals surface area contributed by atoms with Crippen molar-refractivity contribution < 1.29 is 24.2 Å². The lowest BCUT2D eigenvalue weighted by Gasteiger charge is -2.25. The van der Waals surface area contributed by atoms with Gasteiger partial charge in [0.25, 0.3) is 11.7 Å². The molecule has 0 aliphatic carbocycles. The molecule has 2 aromatic carbocycles. The van der Waals surface area contributed by atoms with Crippen molar-refractivity contribution in [2.75, 3.05) is 26.9 Å². The van der Waals surface area contributed by atoms with Crippen LogP contribution in [0.25, 0.3) is 5.76 Å². The van der Waals surface area contributed by atoms with Crippen LogP contribution in [0.2, 0.25) is 10.0 Å². The predicted octanol–water partition coefficient (Wildman–Crippen LogP) is 4.46. The molecule has 1 fully saturated rings. The van der Waals surface area contributed by atoms with E-state index in [1.807, 2.05) is 6.92 Å². The molecular weight excluding hydrogens is 429 g/mol. The molecule has 1 aliphatic heterocycles. The van der Waals surface area contributed by atoms with Crippen molar-refractivity contribution in [1.82, 2.24) is 4.90 Å². The molecule has 1 aliphatic rings. The van der Waals surface area contributed by atoms with Crippen LogP contribution in [-0.4, -0.2) is 48.6 Å². The number of methoxy groups -OCH3 is 1. The first-order valence-corrected chi connectivity index (χ1v) is 10.1. The van der Waals surface area contributed by atoms with Crippen LogP contribution >= 0.6 is 23.2 Å². The number of ketones is 1. The van der Waals surface area contributed by atoms with Gasteiger partial charge in [-0.3, -0.25) is 9.59 Å². The number of aliphatic hydroxyl groups excluding tert-OH is 1. The number of amides is 1. The average Bonchev–Trinajstić information content (AvgIpc) is 2.99. The largest absolute Gasteiger partial charge is 0.507 e. The summed E-state index contributed by atoms with van der Waals surface area (Å²) in [7, 11) is 1.50. The summed E-state index contributed by atoms with van der Waals surface area (Å²) in [4.78, 5) is 27.0. The van der Waals surface area contributed by atoms with Gasteiger partial charge in [0.15, 0.2) is 0 Å². The van der Waals surface area contributed by atoms with Crippen molar-refractivity contribution in [3.8, 4) is 5.75 Å². The number of benzene rings is 2. The molecule has 1 N–H and O–H groups in total. The summed E-state index contributed by atoms with van der Waals surface area (Å²) in [6.07, 6.45) is 0. The fourth-order valence-electron chi connectivity index (χ4n) is 3.36. The van der Waals surface area contributed by atoms with E-state index in [1.165, 1.54) is 12.0 Å². The summed E-state index contributed by atoms with van der Waals surface area (Å²) >= 11 is 12.2. The van der Waals surface area contributed by atoms with Gasteiger partial charge in [-0.15, -0.1) is 0 Å². The minimum absolute atomic E-state index is 0.0151. The number of hydrogen-bond acceptors (Lipinski definition) is 5. The summed E-state index contributed by atoms with van der Waals surface area (Å²) in [5.41, 5.74) is 0.944. The third-order valence-corrected chi connectivity index (χ3v) is 5.51. The minimum Gasteiger partial charge on any atom is -0.507 e. The van der Waals surface area contributed by atoms with Gasteiger partial charge in [0.05, 0.1) is 34.9 Å². The average molecular weight is 450 g/mol. The Bertz CT molecular complexity index is 988. The Hall–Kier alpha value is -2.54.